The lowest BCUT2D eigenvalue weighted by Crippen LogP contribution is -2.25. The Hall–Kier alpha value is -0.360. The standard InChI is InChI=1S/C3H5NO3S2/c5-2(6)1-4-3(7)9-8/h8H,1H2,(H,4,7)(H,5,6). The molecule has 0 heterocycles. The molecule has 9 heavy (non-hydrogen) atoms. The average molecular weight is 167 g/mol. The van der Waals surface area contributed by atoms with Crippen LogP contribution in [0.25, 0.3) is 0 Å². The fraction of sp³-hybridized carbons (Fsp3) is 0.333. The average Bonchev–Trinajstić information content (AvgIpc) is 1.83. The van der Waals surface area contributed by atoms with Gasteiger partial charge in [0, 0.05) is 10.8 Å². The van der Waals surface area contributed by atoms with Crippen LogP contribution < -0.4 is 5.32 Å². The number of aliphatic carboxylic acids is 1. The van der Waals surface area contributed by atoms with Gasteiger partial charge in [0.1, 0.15) is 6.54 Å². The number of carboxylic acids is 1. The Kier molecular flexibility index (Phi) is 4.33. The Balaban J connectivity index is 3.28. The van der Waals surface area contributed by atoms with E-state index in [2.05, 4.69) is 17.0 Å². The predicted octanol–water partition coefficient (Wildman–Crippen LogP) is 0.359. The smallest absolute Gasteiger partial charge is 0.323 e. The van der Waals surface area contributed by atoms with Gasteiger partial charge in [0.25, 0.3) is 5.24 Å². The van der Waals surface area contributed by atoms with Crippen LogP contribution in [0.1, 0.15) is 0 Å². The minimum atomic E-state index is -1.06. The van der Waals surface area contributed by atoms with Gasteiger partial charge in [-0.1, -0.05) is 0 Å². The SMILES string of the molecule is O=C(O)CNC(=O)SS. The van der Waals surface area contributed by atoms with Crippen molar-refractivity contribution in [3.63, 3.8) is 0 Å². The van der Waals surface area contributed by atoms with Crippen molar-refractivity contribution in [1.29, 1.82) is 0 Å². The molecule has 0 aliphatic carbocycles. The zero-order chi connectivity index (χ0) is 7.28. The first kappa shape index (κ1) is 8.64. The second-order valence-corrected chi connectivity index (χ2v) is 2.23. The topological polar surface area (TPSA) is 66.4 Å². The van der Waals surface area contributed by atoms with E-state index < -0.39 is 11.2 Å². The molecule has 52 valence electrons. The molecule has 0 aromatic rings. The molecular formula is C3H5NO3S2. The van der Waals surface area contributed by atoms with Gasteiger partial charge in [-0.25, -0.2) is 0 Å². The number of nitrogens with one attached hydrogen (secondary N) is 1. The summed E-state index contributed by atoms with van der Waals surface area (Å²) in [6, 6.07) is 0. The summed E-state index contributed by atoms with van der Waals surface area (Å²) in [4.78, 5) is 20.0. The van der Waals surface area contributed by atoms with Gasteiger partial charge in [-0.05, 0) is 0 Å². The highest BCUT2D eigenvalue weighted by molar-refractivity contribution is 8.74. The second-order valence-electron chi connectivity index (χ2n) is 1.13. The van der Waals surface area contributed by atoms with Crippen molar-refractivity contribution in [3.05, 3.63) is 0 Å². The van der Waals surface area contributed by atoms with Gasteiger partial charge in [-0.2, -0.15) is 0 Å². The number of hydrogen-bond donors (Lipinski definition) is 3. The number of rotatable bonds is 2. The summed E-state index contributed by atoms with van der Waals surface area (Å²) < 4.78 is 0. The fourth-order valence-electron chi connectivity index (χ4n) is 0.180. The van der Waals surface area contributed by atoms with Crippen molar-refractivity contribution < 1.29 is 14.7 Å². The molecule has 1 amide bonds. The Morgan fingerprint density at radius 2 is 2.22 bits per heavy atom. The highest BCUT2D eigenvalue weighted by Gasteiger charge is 1.99. The third-order valence-electron chi connectivity index (χ3n) is 0.467. The van der Waals surface area contributed by atoms with Crippen molar-refractivity contribution in [3.8, 4) is 0 Å². The number of carbonyl (C=O) groups excluding carboxylic acids is 1. The Morgan fingerprint density at radius 1 is 1.67 bits per heavy atom. The molecule has 6 heteroatoms. The van der Waals surface area contributed by atoms with Crippen molar-refractivity contribution >= 4 is 33.7 Å². The maximum Gasteiger partial charge on any atom is 0.323 e. The molecule has 0 atom stereocenters. The van der Waals surface area contributed by atoms with Crippen LogP contribution in [-0.4, -0.2) is 22.9 Å². The normalized spacial score (nSPS) is 8.56. The summed E-state index contributed by atoms with van der Waals surface area (Å²) in [6.07, 6.45) is 0. The van der Waals surface area contributed by atoms with Gasteiger partial charge < -0.3 is 10.4 Å². The van der Waals surface area contributed by atoms with Crippen LogP contribution in [0, 0.1) is 0 Å². The van der Waals surface area contributed by atoms with Crippen molar-refractivity contribution in [2.45, 2.75) is 0 Å². The lowest BCUT2D eigenvalue weighted by molar-refractivity contribution is -0.135. The molecule has 0 radical (unpaired) electrons. The molecule has 0 saturated heterocycles. The van der Waals surface area contributed by atoms with Gasteiger partial charge in [0.05, 0.1) is 0 Å². The monoisotopic (exact) mass is 167 g/mol. The first-order valence-corrected chi connectivity index (χ1v) is 3.84. The van der Waals surface area contributed by atoms with Crippen LogP contribution in [0.5, 0.6) is 0 Å². The number of carbonyl (C=O) groups is 2. The maximum atomic E-state index is 10.2. The summed E-state index contributed by atoms with van der Waals surface area (Å²) in [6.45, 7) is -0.355. The van der Waals surface area contributed by atoms with Crippen molar-refractivity contribution in [1.82, 2.24) is 5.32 Å². The van der Waals surface area contributed by atoms with E-state index in [9.17, 15) is 9.59 Å². The number of thiol groups is 1. The highest BCUT2D eigenvalue weighted by Crippen LogP contribution is 2.03. The molecule has 0 unspecified atom stereocenters. The molecule has 0 aliphatic heterocycles. The first-order valence-electron chi connectivity index (χ1n) is 1.98. The summed E-state index contributed by atoms with van der Waals surface area (Å²) in [5.74, 6) is -1.06. The van der Waals surface area contributed by atoms with E-state index in [-0.39, 0.29) is 6.54 Å². The quantitative estimate of drug-likeness (QED) is 0.410. The number of amides is 1. The van der Waals surface area contributed by atoms with Crippen LogP contribution in [0.2, 0.25) is 0 Å². The molecule has 0 aromatic carbocycles. The highest BCUT2D eigenvalue weighted by atomic mass is 33.1. The summed E-state index contributed by atoms with van der Waals surface area (Å²) in [5, 5.41) is 9.63. The molecule has 0 bridgehead atoms. The third-order valence-corrected chi connectivity index (χ3v) is 1.27. The van der Waals surface area contributed by atoms with Gasteiger partial charge in [0.15, 0.2) is 0 Å². The fourth-order valence-corrected chi connectivity index (χ4v) is 0.510. The molecule has 0 aromatic heterocycles. The van der Waals surface area contributed by atoms with Crippen molar-refractivity contribution in [2.75, 3.05) is 6.54 Å². The first-order chi connectivity index (χ1) is 4.16. The van der Waals surface area contributed by atoms with E-state index in [1.807, 2.05) is 0 Å². The number of carboxylic acid groups (broad SMARTS) is 1. The van der Waals surface area contributed by atoms with E-state index in [1.165, 1.54) is 0 Å². The van der Waals surface area contributed by atoms with E-state index in [0.29, 0.717) is 10.8 Å². The van der Waals surface area contributed by atoms with E-state index in [4.69, 9.17) is 5.11 Å². The minimum absolute atomic E-state index is 0.355. The molecule has 0 fully saturated rings. The summed E-state index contributed by atoms with van der Waals surface area (Å²) in [7, 11) is 0.648. The van der Waals surface area contributed by atoms with Gasteiger partial charge >= 0.3 is 5.97 Å². The third kappa shape index (κ3) is 5.51. The largest absolute Gasteiger partial charge is 0.480 e. The van der Waals surface area contributed by atoms with Gasteiger partial charge in [-0.15, -0.1) is 11.7 Å². The van der Waals surface area contributed by atoms with E-state index in [0.717, 1.165) is 0 Å². The van der Waals surface area contributed by atoms with E-state index >= 15 is 0 Å². The van der Waals surface area contributed by atoms with Gasteiger partial charge in [-0.3, -0.25) is 9.59 Å². The second kappa shape index (κ2) is 4.51. The van der Waals surface area contributed by atoms with Crippen LogP contribution in [0.15, 0.2) is 0 Å². The zero-order valence-corrected chi connectivity index (χ0v) is 6.04. The molecule has 0 rings (SSSR count). The molecule has 0 aliphatic rings. The molecule has 2 N–H and O–H groups in total. The maximum absolute atomic E-state index is 10.2. The number of hydrogen-bond acceptors (Lipinski definition) is 4. The Bertz CT molecular complexity index is 126. The molecular weight excluding hydrogens is 162 g/mol. The van der Waals surface area contributed by atoms with Crippen LogP contribution in [0.4, 0.5) is 4.79 Å². The lowest BCUT2D eigenvalue weighted by atomic mass is 10.7. The van der Waals surface area contributed by atoms with Crippen LogP contribution in [-0.2, 0) is 4.79 Å². The molecule has 0 spiro atoms. The summed E-state index contributed by atoms with van der Waals surface area (Å²) >= 11 is 3.53. The lowest BCUT2D eigenvalue weighted by Gasteiger charge is -1.94. The zero-order valence-electron chi connectivity index (χ0n) is 4.33. The Morgan fingerprint density at radius 3 is 2.56 bits per heavy atom. The Labute approximate surface area is 60.8 Å². The molecule has 0 saturated carbocycles. The summed E-state index contributed by atoms with van der Waals surface area (Å²) in [5.41, 5.74) is 0. The van der Waals surface area contributed by atoms with Gasteiger partial charge in [0.2, 0.25) is 0 Å². The van der Waals surface area contributed by atoms with Crippen molar-refractivity contribution in [2.24, 2.45) is 0 Å². The predicted molar refractivity (Wildman–Crippen MR) is 37.6 cm³/mol. The minimum Gasteiger partial charge on any atom is -0.480 e. The van der Waals surface area contributed by atoms with E-state index in [1.54, 1.807) is 0 Å². The molecule has 4 nitrogen and oxygen atoms in total. The van der Waals surface area contributed by atoms with Crippen LogP contribution >= 0.6 is 22.5 Å². The van der Waals surface area contributed by atoms with Crippen LogP contribution in [0.3, 0.4) is 0 Å².